The fraction of sp³-hybridized carbons (Fsp3) is 0.542. The Labute approximate surface area is 196 Å². The lowest BCUT2D eigenvalue weighted by Crippen LogP contribution is -2.56. The minimum Gasteiger partial charge on any atom is -0.489 e. The first-order chi connectivity index (χ1) is 15.9. The summed E-state index contributed by atoms with van der Waals surface area (Å²) in [4.78, 5) is 33.2. The number of ketones is 1. The van der Waals surface area contributed by atoms with Gasteiger partial charge in [0.25, 0.3) is 11.7 Å². The number of fused-ring (bicyclic) bond motifs is 2. The van der Waals surface area contributed by atoms with Crippen molar-refractivity contribution in [3.8, 4) is 5.75 Å². The molecular weight excluding hydrogens is 449 g/mol. The van der Waals surface area contributed by atoms with Crippen LogP contribution in [-0.4, -0.2) is 70.0 Å². The molecule has 0 atom stereocenters. The average Bonchev–Trinajstić information content (AvgIpc) is 3.21. The maximum atomic E-state index is 13.1. The van der Waals surface area contributed by atoms with Crippen LogP contribution in [0.4, 0.5) is 13.2 Å². The molecule has 1 saturated heterocycles. The smallest absolute Gasteiger partial charge is 0.456 e. The van der Waals surface area contributed by atoms with Crippen LogP contribution >= 0.6 is 0 Å². The molecule has 1 fully saturated rings. The fourth-order valence-corrected chi connectivity index (χ4v) is 5.04. The van der Waals surface area contributed by atoms with Gasteiger partial charge in [0.1, 0.15) is 11.4 Å². The molecule has 2 aromatic rings. The van der Waals surface area contributed by atoms with Crippen molar-refractivity contribution in [3.63, 3.8) is 0 Å². The van der Waals surface area contributed by atoms with Crippen LogP contribution in [0, 0.1) is 6.92 Å². The molecule has 0 unspecified atom stereocenters. The topological polar surface area (TPSA) is 67.7 Å². The number of piperidine rings is 1. The lowest BCUT2D eigenvalue weighted by atomic mass is 9.81. The van der Waals surface area contributed by atoms with E-state index in [1.54, 1.807) is 23.2 Å². The van der Waals surface area contributed by atoms with E-state index in [1.807, 2.05) is 27.8 Å². The Hall–Kier alpha value is -2.88. The molecule has 0 radical (unpaired) electrons. The molecule has 1 spiro atoms. The van der Waals surface area contributed by atoms with E-state index in [9.17, 15) is 22.8 Å². The van der Waals surface area contributed by atoms with Crippen LogP contribution < -0.4 is 4.74 Å². The first-order valence-corrected chi connectivity index (χ1v) is 11.4. The standard InChI is InChI=1S/C24H29F3N4O3/c1-15(2)34-19-14-28-17(13-16(19)3)22(33)30-9-7-23(8-10-30)20-6-5-18(21(32)24(25,26)27)31(20)12-11-29(23)4/h5-6,13-15H,7-12H2,1-4H3. The number of pyridine rings is 1. The molecule has 2 aliphatic heterocycles. The fourth-order valence-electron chi connectivity index (χ4n) is 5.04. The number of halogens is 3. The molecule has 0 bridgehead atoms. The number of likely N-dealkylation sites (N-methyl/N-ethyl adjacent to an activating group) is 1. The molecule has 1 amide bonds. The van der Waals surface area contributed by atoms with E-state index >= 15 is 0 Å². The molecule has 0 saturated carbocycles. The average molecular weight is 479 g/mol. The van der Waals surface area contributed by atoms with Gasteiger partial charge in [0, 0.05) is 31.9 Å². The number of carbonyl (C=O) groups is 2. The third-order valence-corrected chi connectivity index (χ3v) is 6.86. The number of aryl methyl sites for hydroxylation is 1. The van der Waals surface area contributed by atoms with Crippen LogP contribution in [0.5, 0.6) is 5.75 Å². The third-order valence-electron chi connectivity index (χ3n) is 6.86. The van der Waals surface area contributed by atoms with Gasteiger partial charge in [-0.1, -0.05) is 0 Å². The van der Waals surface area contributed by atoms with Crippen molar-refractivity contribution in [2.75, 3.05) is 26.7 Å². The van der Waals surface area contributed by atoms with Crippen molar-refractivity contribution in [2.45, 2.75) is 58.0 Å². The highest BCUT2D eigenvalue weighted by Gasteiger charge is 2.48. The minimum atomic E-state index is -4.91. The van der Waals surface area contributed by atoms with Crippen molar-refractivity contribution < 1.29 is 27.5 Å². The molecule has 4 rings (SSSR count). The van der Waals surface area contributed by atoms with Crippen LogP contribution in [0.3, 0.4) is 0 Å². The number of alkyl halides is 3. The summed E-state index contributed by atoms with van der Waals surface area (Å²) in [6, 6.07) is 4.62. The second-order valence-electron chi connectivity index (χ2n) is 9.33. The number of likely N-dealkylation sites (tertiary alicyclic amines) is 1. The Morgan fingerprint density at radius 2 is 1.79 bits per heavy atom. The van der Waals surface area contributed by atoms with Gasteiger partial charge in [0.2, 0.25) is 0 Å². The van der Waals surface area contributed by atoms with E-state index in [-0.39, 0.29) is 17.7 Å². The molecule has 184 valence electrons. The SMILES string of the molecule is Cc1cc(C(=O)N2CCC3(CC2)c2ccc(C(=O)C(F)(F)F)n2CCN3C)ncc1OC(C)C. The number of rotatable bonds is 4. The summed E-state index contributed by atoms with van der Waals surface area (Å²) in [6.45, 7) is 7.40. The summed E-state index contributed by atoms with van der Waals surface area (Å²) in [5.74, 6) is -1.37. The van der Waals surface area contributed by atoms with Gasteiger partial charge in [0.15, 0.2) is 0 Å². The van der Waals surface area contributed by atoms with E-state index < -0.39 is 17.5 Å². The van der Waals surface area contributed by atoms with Crippen molar-refractivity contribution in [3.05, 3.63) is 47.0 Å². The summed E-state index contributed by atoms with van der Waals surface area (Å²) in [5, 5.41) is 0. The van der Waals surface area contributed by atoms with Gasteiger partial charge < -0.3 is 14.2 Å². The second kappa shape index (κ2) is 8.72. The van der Waals surface area contributed by atoms with Gasteiger partial charge in [-0.3, -0.25) is 14.5 Å². The Morgan fingerprint density at radius 1 is 1.12 bits per heavy atom. The molecule has 10 heteroatoms. The molecule has 2 aliphatic rings. The van der Waals surface area contributed by atoms with E-state index in [1.165, 1.54) is 10.6 Å². The lowest BCUT2D eigenvalue weighted by Gasteiger charge is -2.50. The van der Waals surface area contributed by atoms with Gasteiger partial charge in [-0.25, -0.2) is 4.98 Å². The highest BCUT2D eigenvalue weighted by molar-refractivity contribution is 5.99. The van der Waals surface area contributed by atoms with Gasteiger partial charge in [-0.05, 0) is 64.4 Å². The van der Waals surface area contributed by atoms with Gasteiger partial charge in [-0.15, -0.1) is 0 Å². The molecule has 34 heavy (non-hydrogen) atoms. The van der Waals surface area contributed by atoms with E-state index in [4.69, 9.17) is 4.74 Å². The van der Waals surface area contributed by atoms with Gasteiger partial charge in [-0.2, -0.15) is 13.2 Å². The number of hydrogen-bond donors (Lipinski definition) is 0. The second-order valence-corrected chi connectivity index (χ2v) is 9.33. The quantitative estimate of drug-likeness (QED) is 0.626. The summed E-state index contributed by atoms with van der Waals surface area (Å²) >= 11 is 0. The van der Waals surface area contributed by atoms with Crippen molar-refractivity contribution in [1.29, 1.82) is 0 Å². The van der Waals surface area contributed by atoms with Gasteiger partial charge >= 0.3 is 6.18 Å². The number of nitrogens with zero attached hydrogens (tertiary/aromatic N) is 4. The van der Waals surface area contributed by atoms with Gasteiger partial charge in [0.05, 0.1) is 23.5 Å². The number of carbonyl (C=O) groups excluding carboxylic acids is 2. The van der Waals surface area contributed by atoms with E-state index in [0.29, 0.717) is 56.2 Å². The Bertz CT molecular complexity index is 1100. The first kappa shape index (κ1) is 24.3. The summed E-state index contributed by atoms with van der Waals surface area (Å²) < 4.78 is 46.4. The number of ether oxygens (including phenoxy) is 1. The maximum Gasteiger partial charge on any atom is 0.456 e. The van der Waals surface area contributed by atoms with Crippen LogP contribution in [0.25, 0.3) is 0 Å². The number of hydrogen-bond acceptors (Lipinski definition) is 5. The largest absolute Gasteiger partial charge is 0.489 e. The third kappa shape index (κ3) is 4.19. The molecule has 4 heterocycles. The number of amides is 1. The molecule has 2 aromatic heterocycles. The van der Waals surface area contributed by atoms with Crippen LogP contribution in [0.2, 0.25) is 0 Å². The van der Waals surface area contributed by atoms with E-state index in [2.05, 4.69) is 9.88 Å². The van der Waals surface area contributed by atoms with Crippen molar-refractivity contribution in [2.24, 2.45) is 0 Å². The molecule has 7 nitrogen and oxygen atoms in total. The van der Waals surface area contributed by atoms with Crippen LogP contribution in [0.15, 0.2) is 24.4 Å². The lowest BCUT2D eigenvalue weighted by molar-refractivity contribution is -0.0892. The summed E-state index contributed by atoms with van der Waals surface area (Å²) in [6.07, 6.45) is -2.26. The predicted octanol–water partition coefficient (Wildman–Crippen LogP) is 3.80. The van der Waals surface area contributed by atoms with E-state index in [0.717, 1.165) is 5.56 Å². The number of aromatic nitrogens is 2. The Morgan fingerprint density at radius 3 is 2.38 bits per heavy atom. The zero-order valence-corrected chi connectivity index (χ0v) is 19.8. The monoisotopic (exact) mass is 478 g/mol. The zero-order valence-electron chi connectivity index (χ0n) is 19.8. The Balaban J connectivity index is 1.53. The zero-order chi connectivity index (χ0) is 24.8. The predicted molar refractivity (Wildman–Crippen MR) is 119 cm³/mol. The molecule has 0 aromatic carbocycles. The van der Waals surface area contributed by atoms with Crippen molar-refractivity contribution >= 4 is 11.7 Å². The summed E-state index contributed by atoms with van der Waals surface area (Å²) in [5.41, 5.74) is 1.01. The highest BCUT2D eigenvalue weighted by atomic mass is 19.4. The Kier molecular flexibility index (Phi) is 6.22. The first-order valence-electron chi connectivity index (χ1n) is 11.4. The van der Waals surface area contributed by atoms with Crippen LogP contribution in [0.1, 0.15) is 58.9 Å². The molecular formula is C24H29F3N4O3. The highest BCUT2D eigenvalue weighted by Crippen LogP contribution is 2.42. The number of Topliss-reactive ketones (excluding diaryl/α,β-unsaturated/α-hetero) is 1. The maximum absolute atomic E-state index is 13.1. The van der Waals surface area contributed by atoms with Crippen molar-refractivity contribution in [1.82, 2.24) is 19.4 Å². The molecule has 0 N–H and O–H groups in total. The summed E-state index contributed by atoms with van der Waals surface area (Å²) in [7, 11) is 1.94. The minimum absolute atomic E-state index is 0.00120. The van der Waals surface area contributed by atoms with Crippen LogP contribution in [-0.2, 0) is 12.1 Å². The molecule has 0 aliphatic carbocycles. The normalized spacial score (nSPS) is 18.3.